The van der Waals surface area contributed by atoms with Crippen molar-refractivity contribution in [1.29, 1.82) is 0 Å². The van der Waals surface area contributed by atoms with E-state index in [0.717, 1.165) is 91.0 Å². The van der Waals surface area contributed by atoms with Gasteiger partial charge >= 0.3 is 0 Å². The van der Waals surface area contributed by atoms with E-state index in [0.29, 0.717) is 0 Å². The summed E-state index contributed by atoms with van der Waals surface area (Å²) in [5, 5.41) is 3.75. The van der Waals surface area contributed by atoms with Gasteiger partial charge in [-0.25, -0.2) is 9.97 Å². The van der Waals surface area contributed by atoms with Crippen LogP contribution < -0.4 is 50.7 Å². The van der Waals surface area contributed by atoms with Crippen LogP contribution in [0.4, 0.5) is 17.1 Å². The lowest BCUT2D eigenvalue weighted by molar-refractivity contribution is -0.538. The van der Waals surface area contributed by atoms with Crippen molar-refractivity contribution in [3.05, 3.63) is 137 Å². The molecule has 0 unspecified atom stereocenters. The van der Waals surface area contributed by atoms with Crippen LogP contribution in [0.5, 0.6) is 0 Å². The molecule has 0 saturated carbocycles. The van der Waals surface area contributed by atoms with Crippen LogP contribution in [0.25, 0.3) is 55.5 Å². The van der Waals surface area contributed by atoms with E-state index in [1.807, 2.05) is 6.92 Å². The summed E-state index contributed by atoms with van der Waals surface area (Å²) in [7, 11) is 0. The molecule has 62 heavy (non-hydrogen) atoms. The summed E-state index contributed by atoms with van der Waals surface area (Å²) in [4.78, 5) is 10.2. The first kappa shape index (κ1) is 46.0. The molecule has 5 N–H and O–H groups in total. The first-order valence-corrected chi connectivity index (χ1v) is 22.2. The highest BCUT2D eigenvalue weighted by molar-refractivity contribution is 5.88. The van der Waals surface area contributed by atoms with Crippen molar-refractivity contribution >= 4 is 61.2 Å². The SMILES string of the molecule is Cc1cc2nc3cc(C)c(CCCCCCCCCCCCCNc4cc5c(cc4C)nc4cc(C)c(N)cc4[n+]5-c4ccccc4)cc3[n+](-c3ccccc3)c2cc1N.[Cl-].[Cl-]. The van der Waals surface area contributed by atoms with E-state index < -0.39 is 0 Å². The number of unbranched alkanes of at least 4 members (excludes halogenated alkanes) is 10. The van der Waals surface area contributed by atoms with Gasteiger partial charge in [-0.05, 0) is 99.0 Å². The zero-order valence-electron chi connectivity index (χ0n) is 36.8. The molecule has 6 aromatic carbocycles. The molecule has 0 aliphatic heterocycles. The van der Waals surface area contributed by atoms with Crippen molar-refractivity contribution < 1.29 is 33.9 Å². The van der Waals surface area contributed by atoms with Crippen molar-refractivity contribution in [3.63, 3.8) is 0 Å². The monoisotopic (exact) mass is 865 g/mol. The number of nitrogens with two attached hydrogens (primary N) is 2. The summed E-state index contributed by atoms with van der Waals surface area (Å²) < 4.78 is 4.63. The Balaban J connectivity index is 0.00000321. The summed E-state index contributed by atoms with van der Waals surface area (Å²) in [6.45, 7) is 9.48. The van der Waals surface area contributed by atoms with Crippen LogP contribution >= 0.6 is 0 Å². The van der Waals surface area contributed by atoms with E-state index in [4.69, 9.17) is 21.4 Å². The highest BCUT2D eigenvalue weighted by atomic mass is 35.5. The molecule has 0 spiro atoms. The zero-order chi connectivity index (χ0) is 41.6. The number of anilines is 3. The van der Waals surface area contributed by atoms with E-state index in [2.05, 4.69) is 144 Å². The molecule has 2 aromatic heterocycles. The molecule has 7 nitrogen and oxygen atoms in total. The quantitative estimate of drug-likeness (QED) is 0.0453. The van der Waals surface area contributed by atoms with Gasteiger partial charge in [-0.15, -0.1) is 9.13 Å². The van der Waals surface area contributed by atoms with Crippen LogP contribution in [0.1, 0.15) is 98.4 Å². The molecule has 0 radical (unpaired) electrons. The number of aryl methyl sites for hydroxylation is 5. The third-order valence-electron chi connectivity index (χ3n) is 12.4. The molecule has 0 bridgehead atoms. The predicted octanol–water partition coefficient (Wildman–Crippen LogP) is 5.99. The predicted molar refractivity (Wildman–Crippen MR) is 252 cm³/mol. The third kappa shape index (κ3) is 10.2. The summed E-state index contributed by atoms with van der Waals surface area (Å²) in [6.07, 6.45) is 15.3. The standard InChI is InChI=1S/C53H59N7.2ClH/c1-36-28-46-50(59(41-23-17-14-18-24-41)51-33-43(54)37(2)29-47(51)57-46)32-40(36)22-16-12-10-8-6-5-7-9-11-13-21-27-56-45-35-53-49(31-39(45)4)58-48-30-38(3)44(55)34-52(48)60(53)42-25-19-15-20-26-42;;/h14-15,17-20,23-26,28-35,54H,5-13,16,21-22,27H2,1-4H3,(H2,55,56);2*1H. The normalized spacial score (nSPS) is 11.3. The number of aromatic nitrogens is 4. The van der Waals surface area contributed by atoms with Crippen LogP contribution in [0, 0.1) is 27.7 Å². The Morgan fingerprint density at radius 1 is 0.435 bits per heavy atom. The Kier molecular flexibility index (Phi) is 15.6. The van der Waals surface area contributed by atoms with Gasteiger partial charge in [0.2, 0.25) is 33.4 Å². The van der Waals surface area contributed by atoms with Crippen molar-refractivity contribution in [2.75, 3.05) is 23.3 Å². The van der Waals surface area contributed by atoms with Crippen LogP contribution in [0.2, 0.25) is 0 Å². The highest BCUT2D eigenvalue weighted by Crippen LogP contribution is 2.28. The second-order valence-corrected chi connectivity index (χ2v) is 16.9. The van der Waals surface area contributed by atoms with Gasteiger partial charge in [0.15, 0.2) is 0 Å². The lowest BCUT2D eigenvalue weighted by Crippen LogP contribution is -3.00. The molecule has 2 heterocycles. The molecule has 0 aliphatic carbocycles. The smallest absolute Gasteiger partial charge is 0.239 e. The lowest BCUT2D eigenvalue weighted by Gasteiger charge is -2.12. The van der Waals surface area contributed by atoms with E-state index in [-0.39, 0.29) is 24.8 Å². The van der Waals surface area contributed by atoms with E-state index in [1.54, 1.807) is 0 Å². The average Bonchev–Trinajstić information content (AvgIpc) is 3.24. The summed E-state index contributed by atoms with van der Waals surface area (Å²) in [5.41, 5.74) is 32.1. The number of hydrogen-bond acceptors (Lipinski definition) is 5. The topological polar surface area (TPSA) is 97.6 Å². The number of nitrogens with zero attached hydrogens (tertiary/aromatic N) is 4. The minimum Gasteiger partial charge on any atom is -1.00 e. The second-order valence-electron chi connectivity index (χ2n) is 16.9. The van der Waals surface area contributed by atoms with Crippen LogP contribution in [0.15, 0.2) is 109 Å². The first-order chi connectivity index (χ1) is 29.2. The molecular weight excluding hydrogens is 806 g/mol. The number of nitrogens with one attached hydrogen (secondary N) is 1. The molecule has 0 fully saturated rings. The van der Waals surface area contributed by atoms with Gasteiger partial charge in [-0.2, -0.15) is 0 Å². The van der Waals surface area contributed by atoms with Gasteiger partial charge in [0.05, 0.1) is 0 Å². The van der Waals surface area contributed by atoms with Gasteiger partial charge in [-0.3, -0.25) is 0 Å². The minimum absolute atomic E-state index is 0. The highest BCUT2D eigenvalue weighted by Gasteiger charge is 2.23. The molecule has 0 saturated heterocycles. The summed E-state index contributed by atoms with van der Waals surface area (Å²) >= 11 is 0. The van der Waals surface area contributed by atoms with Crippen molar-refractivity contribution in [3.8, 4) is 11.4 Å². The summed E-state index contributed by atoms with van der Waals surface area (Å²) in [5.74, 6) is 0. The fraction of sp³-hybridized carbons (Fsp3) is 0.321. The lowest BCUT2D eigenvalue weighted by atomic mass is 9.99. The number of nitrogen functional groups attached to an aromatic ring is 2. The van der Waals surface area contributed by atoms with Crippen molar-refractivity contribution in [2.45, 2.75) is 105 Å². The maximum absolute atomic E-state index is 6.41. The van der Waals surface area contributed by atoms with Crippen molar-refractivity contribution in [1.82, 2.24) is 9.97 Å². The van der Waals surface area contributed by atoms with Gasteiger partial charge in [0, 0.05) is 72.1 Å². The number of hydrogen-bond donors (Lipinski definition) is 3. The van der Waals surface area contributed by atoms with Gasteiger partial charge in [0.25, 0.3) is 0 Å². The molecule has 0 atom stereocenters. The summed E-state index contributed by atoms with van der Waals surface area (Å²) in [6, 6.07) is 38.6. The second kappa shape index (κ2) is 21.0. The molecule has 0 aliphatic rings. The Morgan fingerprint density at radius 3 is 1.31 bits per heavy atom. The van der Waals surface area contributed by atoms with E-state index in [1.165, 1.54) is 93.0 Å². The van der Waals surface area contributed by atoms with Gasteiger partial charge in [-0.1, -0.05) is 94.2 Å². The number of para-hydroxylation sites is 2. The van der Waals surface area contributed by atoms with Crippen LogP contribution in [-0.2, 0) is 6.42 Å². The Hall–Kier alpha value is -5.50. The molecule has 322 valence electrons. The van der Waals surface area contributed by atoms with Crippen LogP contribution in [0.3, 0.4) is 0 Å². The largest absolute Gasteiger partial charge is 1.00 e. The first-order valence-electron chi connectivity index (χ1n) is 22.2. The van der Waals surface area contributed by atoms with Crippen molar-refractivity contribution in [2.24, 2.45) is 0 Å². The number of rotatable bonds is 17. The molecule has 8 aromatic rings. The maximum atomic E-state index is 6.41. The van der Waals surface area contributed by atoms with E-state index >= 15 is 0 Å². The molecule has 0 amide bonds. The minimum atomic E-state index is 0. The van der Waals surface area contributed by atoms with E-state index in [9.17, 15) is 0 Å². The molecular formula is C53H61Cl2N7. The van der Waals surface area contributed by atoms with Gasteiger partial charge in [0.1, 0.15) is 22.1 Å². The number of fused-ring (bicyclic) bond motifs is 4. The number of halogens is 2. The Labute approximate surface area is 379 Å². The Bertz CT molecular complexity index is 2600. The fourth-order valence-corrected chi connectivity index (χ4v) is 8.82. The van der Waals surface area contributed by atoms with Crippen LogP contribution in [-0.4, -0.2) is 16.5 Å². The third-order valence-corrected chi connectivity index (χ3v) is 12.4. The molecule has 8 rings (SSSR count). The fourth-order valence-electron chi connectivity index (χ4n) is 8.82. The number of benzene rings is 6. The Morgan fingerprint density at radius 2 is 0.823 bits per heavy atom. The maximum Gasteiger partial charge on any atom is 0.239 e. The zero-order valence-corrected chi connectivity index (χ0v) is 38.3. The average molecular weight is 867 g/mol. The van der Waals surface area contributed by atoms with Gasteiger partial charge < -0.3 is 41.6 Å². The molecule has 9 heteroatoms.